The van der Waals surface area contributed by atoms with E-state index in [1.54, 1.807) is 13.0 Å². The highest BCUT2D eigenvalue weighted by molar-refractivity contribution is 5.98. The molecule has 1 unspecified atom stereocenters. The number of hydrogen-bond donors (Lipinski definition) is 0. The summed E-state index contributed by atoms with van der Waals surface area (Å²) in [6, 6.07) is 7.30. The molecule has 0 bridgehead atoms. The molecule has 0 amide bonds. The molecular weight excluding hydrogens is 253 g/mol. The van der Waals surface area contributed by atoms with Crippen LogP contribution in [0.2, 0.25) is 0 Å². The molecule has 0 spiro atoms. The number of halogens is 1. The van der Waals surface area contributed by atoms with Crippen molar-refractivity contribution in [3.05, 3.63) is 58.7 Å². The van der Waals surface area contributed by atoms with Gasteiger partial charge in [-0.1, -0.05) is 12.1 Å². The van der Waals surface area contributed by atoms with Gasteiger partial charge in [0.1, 0.15) is 5.82 Å². The highest BCUT2D eigenvalue weighted by atomic mass is 19.1. The Bertz CT molecular complexity index is 672. The van der Waals surface area contributed by atoms with Gasteiger partial charge in [-0.15, -0.1) is 0 Å². The maximum atomic E-state index is 13.7. The van der Waals surface area contributed by atoms with Crippen molar-refractivity contribution in [2.45, 2.75) is 39.2 Å². The van der Waals surface area contributed by atoms with E-state index in [2.05, 4.69) is 4.57 Å². The van der Waals surface area contributed by atoms with Crippen molar-refractivity contribution in [3.8, 4) is 0 Å². The van der Waals surface area contributed by atoms with Crippen LogP contribution in [0.3, 0.4) is 0 Å². The van der Waals surface area contributed by atoms with Crippen LogP contribution in [0.5, 0.6) is 0 Å². The molecule has 2 aromatic rings. The minimum Gasteiger partial charge on any atom is -0.344 e. The Morgan fingerprint density at radius 2 is 2.05 bits per heavy atom. The molecule has 1 heterocycles. The lowest BCUT2D eigenvalue weighted by Gasteiger charge is -2.21. The van der Waals surface area contributed by atoms with Crippen LogP contribution in [-0.2, 0) is 6.42 Å². The van der Waals surface area contributed by atoms with Crippen LogP contribution < -0.4 is 0 Å². The lowest BCUT2D eigenvalue weighted by Crippen LogP contribution is -2.16. The van der Waals surface area contributed by atoms with Crippen molar-refractivity contribution in [1.29, 1.82) is 0 Å². The molecule has 0 saturated heterocycles. The Balaban J connectivity index is 2.00. The first-order valence-electron chi connectivity index (χ1n) is 7.07. The van der Waals surface area contributed by atoms with Gasteiger partial charge in [0.25, 0.3) is 0 Å². The van der Waals surface area contributed by atoms with Gasteiger partial charge < -0.3 is 4.57 Å². The van der Waals surface area contributed by atoms with Crippen LogP contribution in [0.15, 0.2) is 30.5 Å². The first kappa shape index (κ1) is 13.1. The van der Waals surface area contributed by atoms with Crippen LogP contribution in [0.1, 0.15) is 53.0 Å². The van der Waals surface area contributed by atoms with Gasteiger partial charge in [-0.2, -0.15) is 0 Å². The molecule has 2 nitrogen and oxygen atoms in total. The SMILES string of the molecule is Cc1ccc(C(C)n2ccc3c2CCCC3=O)cc1F. The summed E-state index contributed by atoms with van der Waals surface area (Å²) >= 11 is 0. The van der Waals surface area contributed by atoms with E-state index < -0.39 is 0 Å². The van der Waals surface area contributed by atoms with Gasteiger partial charge in [0.05, 0.1) is 6.04 Å². The number of aromatic nitrogens is 1. The zero-order valence-corrected chi connectivity index (χ0v) is 11.8. The van der Waals surface area contributed by atoms with E-state index in [-0.39, 0.29) is 17.6 Å². The summed E-state index contributed by atoms with van der Waals surface area (Å²) in [5.74, 6) is 0.0544. The van der Waals surface area contributed by atoms with Crippen molar-refractivity contribution in [2.75, 3.05) is 0 Å². The van der Waals surface area contributed by atoms with Crippen molar-refractivity contribution >= 4 is 5.78 Å². The maximum Gasteiger partial charge on any atom is 0.164 e. The second-order valence-electron chi connectivity index (χ2n) is 5.54. The summed E-state index contributed by atoms with van der Waals surface area (Å²) < 4.78 is 15.8. The highest BCUT2D eigenvalue weighted by Gasteiger charge is 2.23. The normalized spacial score (nSPS) is 16.1. The molecule has 0 fully saturated rings. The molecule has 1 aliphatic carbocycles. The van der Waals surface area contributed by atoms with Crippen molar-refractivity contribution < 1.29 is 9.18 Å². The van der Waals surface area contributed by atoms with Crippen LogP contribution >= 0.6 is 0 Å². The Hall–Kier alpha value is -1.90. The smallest absolute Gasteiger partial charge is 0.164 e. The molecule has 0 radical (unpaired) electrons. The summed E-state index contributed by atoms with van der Waals surface area (Å²) in [5, 5.41) is 0. The number of hydrogen-bond acceptors (Lipinski definition) is 1. The van der Waals surface area contributed by atoms with Gasteiger partial charge in [-0.25, -0.2) is 4.39 Å². The largest absolute Gasteiger partial charge is 0.344 e. The number of Topliss-reactive ketones (excluding diaryl/α,β-unsaturated/α-hetero) is 1. The van der Waals surface area contributed by atoms with Gasteiger partial charge in [-0.05, 0) is 49.9 Å². The Kier molecular flexibility index (Phi) is 3.20. The van der Waals surface area contributed by atoms with E-state index in [0.717, 1.165) is 29.7 Å². The number of benzene rings is 1. The second kappa shape index (κ2) is 4.89. The Labute approximate surface area is 118 Å². The number of aryl methyl sites for hydroxylation is 1. The Morgan fingerprint density at radius 3 is 2.80 bits per heavy atom. The lowest BCUT2D eigenvalue weighted by atomic mass is 9.96. The quantitative estimate of drug-likeness (QED) is 0.807. The monoisotopic (exact) mass is 271 g/mol. The third kappa shape index (κ3) is 2.07. The molecular formula is C17H18FNO. The summed E-state index contributed by atoms with van der Waals surface area (Å²) in [4.78, 5) is 11.9. The van der Waals surface area contributed by atoms with Gasteiger partial charge >= 0.3 is 0 Å². The number of rotatable bonds is 2. The average Bonchev–Trinajstić information content (AvgIpc) is 2.86. The van der Waals surface area contributed by atoms with Crippen molar-refractivity contribution in [1.82, 2.24) is 4.57 Å². The van der Waals surface area contributed by atoms with E-state index in [1.165, 1.54) is 0 Å². The van der Waals surface area contributed by atoms with Crippen LogP contribution in [0, 0.1) is 12.7 Å². The molecule has 3 rings (SSSR count). The first-order valence-corrected chi connectivity index (χ1v) is 7.07. The van der Waals surface area contributed by atoms with Gasteiger partial charge in [0.2, 0.25) is 0 Å². The fourth-order valence-electron chi connectivity index (χ4n) is 2.94. The topological polar surface area (TPSA) is 22.0 Å². The van der Waals surface area contributed by atoms with Gasteiger partial charge in [0.15, 0.2) is 5.78 Å². The minimum atomic E-state index is -0.175. The molecule has 1 aromatic heterocycles. The molecule has 104 valence electrons. The number of nitrogens with zero attached hydrogens (tertiary/aromatic N) is 1. The maximum absolute atomic E-state index is 13.7. The Morgan fingerprint density at radius 1 is 1.25 bits per heavy atom. The zero-order valence-electron chi connectivity index (χ0n) is 11.8. The molecule has 1 aromatic carbocycles. The van der Waals surface area contributed by atoms with Crippen LogP contribution in [0.25, 0.3) is 0 Å². The molecule has 20 heavy (non-hydrogen) atoms. The predicted octanol–water partition coefficient (Wildman–Crippen LogP) is 4.06. The van der Waals surface area contributed by atoms with Gasteiger partial charge in [-0.3, -0.25) is 4.79 Å². The van der Waals surface area contributed by atoms with Crippen LogP contribution in [-0.4, -0.2) is 10.4 Å². The average molecular weight is 271 g/mol. The molecule has 1 aliphatic rings. The van der Waals surface area contributed by atoms with E-state index in [0.29, 0.717) is 12.0 Å². The fourth-order valence-corrected chi connectivity index (χ4v) is 2.94. The van der Waals surface area contributed by atoms with E-state index >= 15 is 0 Å². The summed E-state index contributed by atoms with van der Waals surface area (Å²) in [7, 11) is 0. The summed E-state index contributed by atoms with van der Waals surface area (Å²) in [6.45, 7) is 3.81. The molecule has 0 saturated carbocycles. The predicted molar refractivity (Wildman–Crippen MR) is 76.7 cm³/mol. The minimum absolute atomic E-state index is 0.0414. The molecule has 1 atom stereocenters. The summed E-state index contributed by atoms with van der Waals surface area (Å²) in [6.07, 6.45) is 4.43. The fraction of sp³-hybridized carbons (Fsp3) is 0.353. The lowest BCUT2D eigenvalue weighted by molar-refractivity contribution is 0.0971. The molecule has 0 aliphatic heterocycles. The second-order valence-corrected chi connectivity index (χ2v) is 5.54. The number of fused-ring (bicyclic) bond motifs is 1. The van der Waals surface area contributed by atoms with Gasteiger partial charge in [0, 0.05) is 23.9 Å². The first-order chi connectivity index (χ1) is 9.58. The molecule has 0 N–H and O–H groups in total. The van der Waals surface area contributed by atoms with Crippen molar-refractivity contribution in [3.63, 3.8) is 0 Å². The molecule has 3 heteroatoms. The highest BCUT2D eigenvalue weighted by Crippen LogP contribution is 2.28. The third-order valence-electron chi connectivity index (χ3n) is 4.24. The van der Waals surface area contributed by atoms with Crippen molar-refractivity contribution in [2.24, 2.45) is 0 Å². The standard InChI is InChI=1S/C17H18FNO/c1-11-6-7-13(10-15(11)18)12(2)19-9-8-14-16(19)4-3-5-17(14)20/h6-10,12H,3-5H2,1-2H3. The number of carbonyl (C=O) groups is 1. The van der Waals surface area contributed by atoms with E-state index in [1.807, 2.05) is 31.3 Å². The summed E-state index contributed by atoms with van der Waals surface area (Å²) in [5.41, 5.74) is 3.53. The third-order valence-corrected chi connectivity index (χ3v) is 4.24. The van der Waals surface area contributed by atoms with Crippen LogP contribution in [0.4, 0.5) is 4.39 Å². The zero-order chi connectivity index (χ0) is 14.3. The van der Waals surface area contributed by atoms with E-state index in [4.69, 9.17) is 0 Å². The number of ketones is 1. The number of carbonyl (C=O) groups excluding carboxylic acids is 1. The van der Waals surface area contributed by atoms with E-state index in [9.17, 15) is 9.18 Å².